The number of aryl methyl sites for hydroxylation is 1. The van der Waals surface area contributed by atoms with Gasteiger partial charge in [-0.3, -0.25) is 0 Å². The van der Waals surface area contributed by atoms with Crippen molar-refractivity contribution in [2.24, 2.45) is 0 Å². The molecule has 1 heterocycles. The Kier molecular flexibility index (Phi) is 4.26. The first-order valence-corrected chi connectivity index (χ1v) is 8.55. The van der Waals surface area contributed by atoms with Crippen molar-refractivity contribution in [3.63, 3.8) is 0 Å². The summed E-state index contributed by atoms with van der Waals surface area (Å²) in [5, 5.41) is 13.5. The van der Waals surface area contributed by atoms with Gasteiger partial charge in [0, 0.05) is 10.9 Å². The molecule has 0 aliphatic carbocycles. The van der Waals surface area contributed by atoms with E-state index >= 15 is 0 Å². The minimum absolute atomic E-state index is 0.192. The highest BCUT2D eigenvalue weighted by Gasteiger charge is 2.13. The Morgan fingerprint density at radius 2 is 1.59 bits per heavy atom. The summed E-state index contributed by atoms with van der Waals surface area (Å²) in [4.78, 5) is 20.9. The lowest BCUT2D eigenvalue weighted by Gasteiger charge is -2.13. The van der Waals surface area contributed by atoms with Crippen LogP contribution in [0.3, 0.4) is 0 Å². The fourth-order valence-electron chi connectivity index (χ4n) is 2.91. The van der Waals surface area contributed by atoms with Gasteiger partial charge in [0.15, 0.2) is 5.82 Å². The fourth-order valence-corrected chi connectivity index (χ4v) is 2.91. The Morgan fingerprint density at radius 3 is 2.37 bits per heavy atom. The molecular weight excluding hydrogens is 338 g/mol. The Hall–Kier alpha value is -3.73. The van der Waals surface area contributed by atoms with Gasteiger partial charge in [-0.15, -0.1) is 0 Å². The lowest BCUT2D eigenvalue weighted by atomic mass is 10.1. The molecule has 0 fully saturated rings. The van der Waals surface area contributed by atoms with E-state index < -0.39 is 5.97 Å². The minimum atomic E-state index is -0.991. The topological polar surface area (TPSA) is 75.1 Å². The largest absolute Gasteiger partial charge is 0.478 e. The van der Waals surface area contributed by atoms with Gasteiger partial charge in [-0.05, 0) is 31.2 Å². The number of para-hydroxylation sites is 2. The molecule has 0 amide bonds. The number of aromatic carboxylic acids is 1. The Balaban J connectivity index is 1.87. The van der Waals surface area contributed by atoms with Crippen molar-refractivity contribution in [1.29, 1.82) is 0 Å². The van der Waals surface area contributed by atoms with Crippen molar-refractivity contribution in [3.05, 3.63) is 83.9 Å². The number of benzene rings is 3. The molecular formula is C22H17N3O2. The lowest BCUT2D eigenvalue weighted by molar-refractivity contribution is 0.0698. The van der Waals surface area contributed by atoms with E-state index in [9.17, 15) is 9.90 Å². The number of hydrogen-bond donors (Lipinski definition) is 2. The summed E-state index contributed by atoms with van der Waals surface area (Å²) in [5.74, 6) is 0.170. The highest BCUT2D eigenvalue weighted by molar-refractivity contribution is 5.98. The van der Waals surface area contributed by atoms with Gasteiger partial charge in [0.2, 0.25) is 0 Å². The Labute approximate surface area is 156 Å². The van der Waals surface area contributed by atoms with Crippen LogP contribution in [0.15, 0.2) is 72.8 Å². The van der Waals surface area contributed by atoms with Crippen LogP contribution in [-0.2, 0) is 0 Å². The number of rotatable bonds is 4. The van der Waals surface area contributed by atoms with Crippen molar-refractivity contribution in [2.75, 3.05) is 5.32 Å². The second-order valence-electron chi connectivity index (χ2n) is 6.25. The molecule has 132 valence electrons. The van der Waals surface area contributed by atoms with Gasteiger partial charge in [-0.2, -0.15) is 0 Å². The first kappa shape index (κ1) is 16.7. The number of anilines is 2. The molecule has 0 unspecified atom stereocenters. The summed E-state index contributed by atoms with van der Waals surface area (Å²) in [7, 11) is 0. The Morgan fingerprint density at radius 1 is 0.889 bits per heavy atom. The van der Waals surface area contributed by atoms with Crippen molar-refractivity contribution >= 4 is 28.4 Å². The zero-order chi connectivity index (χ0) is 18.8. The number of nitrogens with one attached hydrogen (secondary N) is 1. The summed E-state index contributed by atoms with van der Waals surface area (Å²) in [5.41, 5.74) is 3.54. The molecule has 0 atom stereocenters. The van der Waals surface area contributed by atoms with Gasteiger partial charge in [-0.1, -0.05) is 54.1 Å². The molecule has 0 aliphatic heterocycles. The van der Waals surface area contributed by atoms with Crippen molar-refractivity contribution in [3.8, 4) is 11.4 Å². The maximum Gasteiger partial charge on any atom is 0.337 e. The third-order valence-electron chi connectivity index (χ3n) is 4.32. The van der Waals surface area contributed by atoms with E-state index in [-0.39, 0.29) is 5.56 Å². The van der Waals surface area contributed by atoms with Crippen LogP contribution < -0.4 is 5.32 Å². The van der Waals surface area contributed by atoms with Gasteiger partial charge >= 0.3 is 5.97 Å². The van der Waals surface area contributed by atoms with E-state index in [0.717, 1.165) is 22.0 Å². The zero-order valence-corrected chi connectivity index (χ0v) is 14.7. The van der Waals surface area contributed by atoms with Crippen LogP contribution in [0.1, 0.15) is 15.9 Å². The van der Waals surface area contributed by atoms with Crippen LogP contribution in [0.2, 0.25) is 0 Å². The molecule has 4 rings (SSSR count). The van der Waals surface area contributed by atoms with Crippen LogP contribution in [-0.4, -0.2) is 21.0 Å². The summed E-state index contributed by atoms with van der Waals surface area (Å²) in [6, 6.07) is 22.4. The van der Waals surface area contributed by atoms with Crippen LogP contribution in [0.25, 0.3) is 22.3 Å². The van der Waals surface area contributed by atoms with E-state index in [0.29, 0.717) is 17.3 Å². The normalized spacial score (nSPS) is 10.7. The summed E-state index contributed by atoms with van der Waals surface area (Å²) >= 11 is 0. The van der Waals surface area contributed by atoms with Gasteiger partial charge in [0.1, 0.15) is 5.82 Å². The van der Waals surface area contributed by atoms with Crippen molar-refractivity contribution < 1.29 is 9.90 Å². The second kappa shape index (κ2) is 6.88. The van der Waals surface area contributed by atoms with E-state index in [1.54, 1.807) is 24.3 Å². The number of aromatic nitrogens is 2. The predicted molar refractivity (Wildman–Crippen MR) is 106 cm³/mol. The highest BCUT2D eigenvalue weighted by Crippen LogP contribution is 2.28. The van der Waals surface area contributed by atoms with Crippen LogP contribution >= 0.6 is 0 Å². The molecule has 0 bridgehead atoms. The summed E-state index contributed by atoms with van der Waals surface area (Å²) < 4.78 is 0. The molecule has 4 aromatic rings. The molecule has 1 aromatic heterocycles. The van der Waals surface area contributed by atoms with E-state index in [1.807, 2.05) is 55.5 Å². The standard InChI is InChI=1S/C22H17N3O2/c1-14-10-12-15(13-11-14)20-23-18-8-4-2-6-16(18)21(25-20)24-19-9-5-3-7-17(19)22(26)27/h2-13H,1H3,(H,26,27)(H,23,24,25). The van der Waals surface area contributed by atoms with Crippen LogP contribution in [0, 0.1) is 6.92 Å². The molecule has 27 heavy (non-hydrogen) atoms. The monoisotopic (exact) mass is 355 g/mol. The zero-order valence-electron chi connectivity index (χ0n) is 14.7. The maximum atomic E-state index is 11.5. The van der Waals surface area contributed by atoms with Gasteiger partial charge < -0.3 is 10.4 Å². The molecule has 0 saturated heterocycles. The molecule has 5 heteroatoms. The van der Waals surface area contributed by atoms with Crippen LogP contribution in [0.4, 0.5) is 11.5 Å². The summed E-state index contributed by atoms with van der Waals surface area (Å²) in [6.45, 7) is 2.03. The molecule has 0 spiro atoms. The predicted octanol–water partition coefficient (Wildman–Crippen LogP) is 5.05. The number of fused-ring (bicyclic) bond motifs is 1. The highest BCUT2D eigenvalue weighted by atomic mass is 16.4. The molecule has 0 radical (unpaired) electrons. The average Bonchev–Trinajstić information content (AvgIpc) is 2.69. The lowest BCUT2D eigenvalue weighted by Crippen LogP contribution is -2.05. The Bertz CT molecular complexity index is 1140. The van der Waals surface area contributed by atoms with E-state index in [1.165, 1.54) is 0 Å². The third-order valence-corrected chi connectivity index (χ3v) is 4.32. The van der Waals surface area contributed by atoms with Crippen molar-refractivity contribution in [2.45, 2.75) is 6.92 Å². The van der Waals surface area contributed by atoms with Crippen molar-refractivity contribution in [1.82, 2.24) is 9.97 Å². The quantitative estimate of drug-likeness (QED) is 0.536. The molecule has 3 aromatic carbocycles. The number of carboxylic acids is 1. The van der Waals surface area contributed by atoms with Gasteiger partial charge in [0.25, 0.3) is 0 Å². The van der Waals surface area contributed by atoms with Gasteiger partial charge in [-0.25, -0.2) is 14.8 Å². The first-order chi connectivity index (χ1) is 13.1. The van der Waals surface area contributed by atoms with E-state index in [4.69, 9.17) is 0 Å². The first-order valence-electron chi connectivity index (χ1n) is 8.55. The van der Waals surface area contributed by atoms with E-state index in [2.05, 4.69) is 15.3 Å². The maximum absolute atomic E-state index is 11.5. The molecule has 0 aliphatic rings. The second-order valence-corrected chi connectivity index (χ2v) is 6.25. The smallest absolute Gasteiger partial charge is 0.337 e. The molecule has 0 saturated carbocycles. The fraction of sp³-hybridized carbons (Fsp3) is 0.0455. The minimum Gasteiger partial charge on any atom is -0.478 e. The van der Waals surface area contributed by atoms with Gasteiger partial charge in [0.05, 0.1) is 16.8 Å². The van der Waals surface area contributed by atoms with Crippen LogP contribution in [0.5, 0.6) is 0 Å². The summed E-state index contributed by atoms with van der Waals surface area (Å²) in [6.07, 6.45) is 0. The number of hydrogen-bond acceptors (Lipinski definition) is 4. The molecule has 2 N–H and O–H groups in total. The number of nitrogens with zero attached hydrogens (tertiary/aromatic N) is 2. The number of carbonyl (C=O) groups is 1. The number of carboxylic acid groups (broad SMARTS) is 1. The average molecular weight is 355 g/mol. The third kappa shape index (κ3) is 3.35. The SMILES string of the molecule is Cc1ccc(-c2nc(Nc3ccccc3C(=O)O)c3ccccc3n2)cc1. The molecule has 5 nitrogen and oxygen atoms in total.